The van der Waals surface area contributed by atoms with Crippen molar-refractivity contribution in [1.82, 2.24) is 9.97 Å². The minimum Gasteiger partial charge on any atom is -0.259 e. The standard InChI is InChI=1S/C11H8ClN5O2/c12-10-11(14-6-5-13-10)16-15-7-8-1-3-9(4-2-8)17(18)19/h1-7H,(H,14,16)/b15-7+. The molecular weight excluding hydrogens is 270 g/mol. The van der Waals surface area contributed by atoms with Crippen LogP contribution in [0, 0.1) is 10.1 Å². The van der Waals surface area contributed by atoms with Crippen molar-refractivity contribution in [2.45, 2.75) is 0 Å². The maximum atomic E-state index is 10.5. The molecular formula is C11H8ClN5O2. The van der Waals surface area contributed by atoms with Gasteiger partial charge in [-0.1, -0.05) is 11.6 Å². The summed E-state index contributed by atoms with van der Waals surface area (Å²) in [7, 11) is 0. The first-order valence-corrected chi connectivity index (χ1v) is 5.54. The van der Waals surface area contributed by atoms with Crippen LogP contribution in [0.1, 0.15) is 5.56 Å². The second-order valence-electron chi connectivity index (χ2n) is 3.41. The van der Waals surface area contributed by atoms with Crippen LogP contribution in [-0.4, -0.2) is 21.1 Å². The fourth-order valence-electron chi connectivity index (χ4n) is 1.25. The van der Waals surface area contributed by atoms with Crippen LogP contribution in [-0.2, 0) is 0 Å². The first kappa shape index (κ1) is 12.9. The topological polar surface area (TPSA) is 93.3 Å². The Hall–Kier alpha value is -2.54. The summed E-state index contributed by atoms with van der Waals surface area (Å²) in [4.78, 5) is 17.8. The van der Waals surface area contributed by atoms with E-state index in [9.17, 15) is 10.1 Å². The van der Waals surface area contributed by atoms with Gasteiger partial charge in [-0.25, -0.2) is 9.97 Å². The molecule has 0 aliphatic rings. The SMILES string of the molecule is O=[N+]([O-])c1ccc(/C=N/Nc2nccnc2Cl)cc1. The first-order valence-electron chi connectivity index (χ1n) is 5.17. The Balaban J connectivity index is 2.03. The normalized spacial score (nSPS) is 10.6. The van der Waals surface area contributed by atoms with Gasteiger partial charge < -0.3 is 0 Å². The summed E-state index contributed by atoms with van der Waals surface area (Å²) in [5, 5.41) is 14.6. The molecule has 8 heteroatoms. The number of aromatic nitrogens is 2. The number of non-ortho nitro benzene ring substituents is 1. The average molecular weight is 278 g/mol. The number of hydrazone groups is 1. The van der Waals surface area contributed by atoms with Gasteiger partial charge in [-0.05, 0) is 17.7 Å². The number of benzene rings is 1. The smallest absolute Gasteiger partial charge is 0.259 e. The van der Waals surface area contributed by atoms with Crippen LogP contribution in [0.2, 0.25) is 5.15 Å². The Kier molecular flexibility index (Phi) is 3.99. The molecule has 1 aromatic heterocycles. The number of rotatable bonds is 4. The first-order chi connectivity index (χ1) is 9.16. The predicted molar refractivity (Wildman–Crippen MR) is 71.4 cm³/mol. The van der Waals surface area contributed by atoms with Crippen LogP contribution in [0.15, 0.2) is 41.8 Å². The van der Waals surface area contributed by atoms with Gasteiger partial charge in [-0.3, -0.25) is 15.5 Å². The Bertz CT molecular complexity index is 615. The zero-order valence-electron chi connectivity index (χ0n) is 9.52. The van der Waals surface area contributed by atoms with Gasteiger partial charge in [0, 0.05) is 24.5 Å². The number of nitro benzene ring substituents is 1. The molecule has 1 heterocycles. The van der Waals surface area contributed by atoms with E-state index in [4.69, 9.17) is 11.6 Å². The van der Waals surface area contributed by atoms with Crippen molar-refractivity contribution in [3.05, 3.63) is 57.5 Å². The van der Waals surface area contributed by atoms with Gasteiger partial charge in [0.2, 0.25) is 0 Å². The van der Waals surface area contributed by atoms with Crippen LogP contribution in [0.5, 0.6) is 0 Å². The fourth-order valence-corrected chi connectivity index (χ4v) is 1.39. The zero-order valence-corrected chi connectivity index (χ0v) is 10.3. The molecule has 1 aromatic carbocycles. The lowest BCUT2D eigenvalue weighted by atomic mass is 10.2. The maximum Gasteiger partial charge on any atom is 0.269 e. The molecule has 0 aliphatic carbocycles. The highest BCUT2D eigenvalue weighted by Crippen LogP contribution is 2.14. The van der Waals surface area contributed by atoms with E-state index in [1.165, 1.54) is 30.7 Å². The molecule has 0 unspecified atom stereocenters. The van der Waals surface area contributed by atoms with Crippen LogP contribution < -0.4 is 5.43 Å². The van der Waals surface area contributed by atoms with Crippen molar-refractivity contribution >= 4 is 29.3 Å². The lowest BCUT2D eigenvalue weighted by molar-refractivity contribution is -0.384. The molecule has 0 saturated carbocycles. The molecule has 0 aliphatic heterocycles. The van der Waals surface area contributed by atoms with Gasteiger partial charge in [0.15, 0.2) is 11.0 Å². The van der Waals surface area contributed by atoms with E-state index >= 15 is 0 Å². The summed E-state index contributed by atoms with van der Waals surface area (Å²) in [5.41, 5.74) is 3.37. The summed E-state index contributed by atoms with van der Waals surface area (Å²) in [6.07, 6.45) is 4.44. The lowest BCUT2D eigenvalue weighted by Crippen LogP contribution is -1.95. The van der Waals surface area contributed by atoms with Crippen molar-refractivity contribution in [3.8, 4) is 0 Å². The monoisotopic (exact) mass is 277 g/mol. The maximum absolute atomic E-state index is 10.5. The average Bonchev–Trinajstić information content (AvgIpc) is 2.41. The number of anilines is 1. The molecule has 0 bridgehead atoms. The summed E-state index contributed by atoms with van der Waals surface area (Å²) in [6.45, 7) is 0. The van der Waals surface area contributed by atoms with E-state index in [0.29, 0.717) is 11.4 Å². The molecule has 7 nitrogen and oxygen atoms in total. The Labute approximate surface area is 113 Å². The van der Waals surface area contributed by atoms with Crippen LogP contribution in [0.25, 0.3) is 0 Å². The second kappa shape index (κ2) is 5.87. The summed E-state index contributed by atoms with van der Waals surface area (Å²) in [5.74, 6) is 0.335. The van der Waals surface area contributed by atoms with Crippen molar-refractivity contribution < 1.29 is 4.92 Å². The minimum atomic E-state index is -0.460. The third kappa shape index (κ3) is 3.46. The van der Waals surface area contributed by atoms with Gasteiger partial charge >= 0.3 is 0 Å². The largest absolute Gasteiger partial charge is 0.269 e. The van der Waals surface area contributed by atoms with Crippen molar-refractivity contribution in [1.29, 1.82) is 0 Å². The van der Waals surface area contributed by atoms with E-state index in [-0.39, 0.29) is 10.8 Å². The highest BCUT2D eigenvalue weighted by molar-refractivity contribution is 6.31. The number of hydrogen-bond donors (Lipinski definition) is 1. The molecule has 0 amide bonds. The van der Waals surface area contributed by atoms with Crippen LogP contribution >= 0.6 is 11.6 Å². The minimum absolute atomic E-state index is 0.0297. The molecule has 0 radical (unpaired) electrons. The molecule has 19 heavy (non-hydrogen) atoms. The summed E-state index contributed by atoms with van der Waals surface area (Å²) >= 11 is 5.78. The number of nitrogens with zero attached hydrogens (tertiary/aromatic N) is 4. The van der Waals surface area contributed by atoms with E-state index in [1.807, 2.05) is 0 Å². The van der Waals surface area contributed by atoms with Gasteiger partial charge in [-0.15, -0.1) is 0 Å². The van der Waals surface area contributed by atoms with Gasteiger partial charge in [0.25, 0.3) is 5.69 Å². The van der Waals surface area contributed by atoms with Crippen molar-refractivity contribution in [3.63, 3.8) is 0 Å². The second-order valence-corrected chi connectivity index (χ2v) is 3.77. The van der Waals surface area contributed by atoms with Gasteiger partial charge in [0.1, 0.15) is 0 Å². The van der Waals surface area contributed by atoms with Crippen molar-refractivity contribution in [2.75, 3.05) is 5.43 Å². The Morgan fingerprint density at radius 3 is 2.58 bits per heavy atom. The quantitative estimate of drug-likeness (QED) is 0.526. The van der Waals surface area contributed by atoms with Crippen LogP contribution in [0.3, 0.4) is 0 Å². The molecule has 1 N–H and O–H groups in total. The third-order valence-corrected chi connectivity index (χ3v) is 2.42. The highest BCUT2D eigenvalue weighted by Gasteiger charge is 2.02. The Morgan fingerprint density at radius 2 is 1.95 bits per heavy atom. The number of halogens is 1. The molecule has 2 rings (SSSR count). The zero-order chi connectivity index (χ0) is 13.7. The lowest BCUT2D eigenvalue weighted by Gasteiger charge is -1.99. The summed E-state index contributed by atoms with van der Waals surface area (Å²) in [6, 6.07) is 5.97. The molecule has 0 spiro atoms. The van der Waals surface area contributed by atoms with E-state index in [1.54, 1.807) is 12.1 Å². The van der Waals surface area contributed by atoms with Crippen molar-refractivity contribution in [2.24, 2.45) is 5.10 Å². The third-order valence-electron chi connectivity index (χ3n) is 2.14. The fraction of sp³-hybridized carbons (Fsp3) is 0. The van der Waals surface area contributed by atoms with Gasteiger partial charge in [-0.2, -0.15) is 5.10 Å². The molecule has 0 atom stereocenters. The number of hydrogen-bond acceptors (Lipinski definition) is 6. The highest BCUT2D eigenvalue weighted by atomic mass is 35.5. The molecule has 0 fully saturated rings. The molecule has 2 aromatic rings. The number of nitrogens with one attached hydrogen (secondary N) is 1. The summed E-state index contributed by atoms with van der Waals surface area (Å²) < 4.78 is 0. The number of nitro groups is 1. The Morgan fingerprint density at radius 1 is 1.26 bits per heavy atom. The van der Waals surface area contributed by atoms with Crippen LogP contribution in [0.4, 0.5) is 11.5 Å². The van der Waals surface area contributed by atoms with Gasteiger partial charge in [0.05, 0.1) is 11.1 Å². The molecule has 96 valence electrons. The van der Waals surface area contributed by atoms with E-state index in [2.05, 4.69) is 20.5 Å². The molecule has 0 saturated heterocycles. The van der Waals surface area contributed by atoms with E-state index in [0.717, 1.165) is 0 Å². The predicted octanol–water partition coefficient (Wildman–Crippen LogP) is 2.48. The van der Waals surface area contributed by atoms with E-state index < -0.39 is 4.92 Å².